The number of hydrogen-bond donors (Lipinski definition) is 4. The molecule has 0 saturated carbocycles. The molecule has 2 aromatic rings. The van der Waals surface area contributed by atoms with Gasteiger partial charge in [-0.3, -0.25) is 33.7 Å². The van der Waals surface area contributed by atoms with E-state index in [1.807, 2.05) is 0 Å². The van der Waals surface area contributed by atoms with Crippen molar-refractivity contribution in [3.63, 3.8) is 0 Å². The number of Topliss-reactive ketones (excluding diaryl/α,β-unsaturated/α-hetero) is 1. The first-order valence-corrected chi connectivity index (χ1v) is 16.0. The summed E-state index contributed by atoms with van der Waals surface area (Å²) < 4.78 is 17.2. The normalized spacial score (nSPS) is 21.9. The number of phenolic OH excluding ortho intramolecular Hbond substituents is 3. The molecule has 2 heterocycles. The van der Waals surface area contributed by atoms with Gasteiger partial charge in [0, 0.05) is 48.5 Å². The van der Waals surface area contributed by atoms with Crippen LogP contribution in [0, 0.1) is 5.92 Å². The minimum Gasteiger partial charge on any atom is -0.507 e. The number of rotatable bonds is 11. The van der Waals surface area contributed by atoms with Crippen LogP contribution in [-0.2, 0) is 46.2 Å². The summed E-state index contributed by atoms with van der Waals surface area (Å²) in [6.07, 6.45) is 1.88. The van der Waals surface area contributed by atoms with Gasteiger partial charge in [-0.05, 0) is 44.6 Å². The fraction of sp³-hybridized carbons (Fsp3) is 0.471. The van der Waals surface area contributed by atoms with Crippen molar-refractivity contribution in [1.82, 2.24) is 10.2 Å². The van der Waals surface area contributed by atoms with E-state index in [0.717, 1.165) is 11.3 Å². The van der Waals surface area contributed by atoms with Gasteiger partial charge in [-0.2, -0.15) is 0 Å². The highest BCUT2D eigenvalue weighted by Crippen LogP contribution is 2.47. The number of likely N-dealkylation sites (tertiary alicyclic amines) is 1. The van der Waals surface area contributed by atoms with Crippen molar-refractivity contribution >= 4 is 35.1 Å². The molecule has 6 rings (SSSR count). The lowest BCUT2D eigenvalue weighted by Crippen LogP contribution is -2.39. The minimum atomic E-state index is -0.759. The fourth-order valence-corrected chi connectivity index (χ4v) is 6.84. The average Bonchev–Trinajstić information content (AvgIpc) is 3.40. The van der Waals surface area contributed by atoms with Crippen molar-refractivity contribution in [3.8, 4) is 17.2 Å². The summed E-state index contributed by atoms with van der Waals surface area (Å²) in [7, 11) is 0. The molecule has 0 bridgehead atoms. The first kappa shape index (κ1) is 33.2. The molecule has 2 aromatic carbocycles. The number of benzene rings is 2. The summed E-state index contributed by atoms with van der Waals surface area (Å²) in [6, 6.07) is 4.05. The fourth-order valence-electron chi connectivity index (χ4n) is 6.84. The topological polar surface area (TPSA) is 206 Å². The van der Waals surface area contributed by atoms with E-state index in [2.05, 4.69) is 5.32 Å². The molecule has 0 aromatic heterocycles. The number of ether oxygens (including phenoxy) is 3. The molecule has 2 saturated heterocycles. The predicted octanol–water partition coefficient (Wildman–Crippen LogP) is 1.45. The number of carbonyl (C=O) groups excluding carboxylic acids is 6. The Kier molecular flexibility index (Phi) is 9.58. The van der Waals surface area contributed by atoms with Crippen LogP contribution in [0.5, 0.6) is 17.2 Å². The molecule has 3 atom stereocenters. The third-order valence-electron chi connectivity index (χ3n) is 9.35. The van der Waals surface area contributed by atoms with Gasteiger partial charge in [0.05, 0.1) is 29.4 Å². The zero-order valence-electron chi connectivity index (χ0n) is 26.1. The summed E-state index contributed by atoms with van der Waals surface area (Å²) in [5.74, 6) is -4.44. The van der Waals surface area contributed by atoms with Crippen molar-refractivity contribution in [1.29, 1.82) is 0 Å². The highest BCUT2D eigenvalue weighted by atomic mass is 16.7. The van der Waals surface area contributed by atoms with Crippen LogP contribution in [-0.4, -0.2) is 101 Å². The van der Waals surface area contributed by atoms with Crippen LogP contribution in [0.15, 0.2) is 18.2 Å². The highest BCUT2D eigenvalue weighted by Gasteiger charge is 2.41. The molecule has 0 radical (unpaired) electrons. The van der Waals surface area contributed by atoms with Crippen molar-refractivity contribution in [2.24, 2.45) is 5.92 Å². The second-order valence-electron chi connectivity index (χ2n) is 12.4. The molecule has 0 spiro atoms. The van der Waals surface area contributed by atoms with E-state index in [-0.39, 0.29) is 110 Å². The van der Waals surface area contributed by atoms with Crippen LogP contribution in [0.25, 0.3) is 0 Å². The molecule has 2 aliphatic carbocycles. The van der Waals surface area contributed by atoms with Gasteiger partial charge in [-0.15, -0.1) is 0 Å². The van der Waals surface area contributed by atoms with Crippen LogP contribution in [0.3, 0.4) is 0 Å². The van der Waals surface area contributed by atoms with E-state index < -0.39 is 46.9 Å². The molecule has 4 N–H and O–H groups in total. The Bertz CT molecular complexity index is 1690. The number of amides is 3. The maximum Gasteiger partial charge on any atom is 0.246 e. The number of hydrogen-bond acceptors (Lipinski definition) is 12. The number of imide groups is 1. The second kappa shape index (κ2) is 13.8. The maximum atomic E-state index is 13.3. The lowest BCUT2D eigenvalue weighted by Gasteiger charge is -2.31. The standard InChI is InChI=1S/C34H36N2O12/c37-22-5-2-4-20-28(22)34(45)30-29(32(20)43)33(44)21-13-17(7-8-19(21)31(30)42)23(38)15-47-27-6-1-3-18(48-27)14-46-16-24(39)35-11-12-36-25(40)9-10-26(36)41/h2,4-5,17-18,27,37,42,44H,1,3,6-16H2,(H,35,39). The highest BCUT2D eigenvalue weighted by molar-refractivity contribution is 6.31. The van der Waals surface area contributed by atoms with Crippen LogP contribution < -0.4 is 5.32 Å². The lowest BCUT2D eigenvalue weighted by atomic mass is 9.75. The number of carbonyl (C=O) groups is 6. The van der Waals surface area contributed by atoms with E-state index in [1.54, 1.807) is 0 Å². The second-order valence-corrected chi connectivity index (χ2v) is 12.4. The summed E-state index contributed by atoms with van der Waals surface area (Å²) in [5.41, 5.74) is -0.467. The number of phenols is 3. The first-order valence-electron chi connectivity index (χ1n) is 16.0. The van der Waals surface area contributed by atoms with Gasteiger partial charge in [0.15, 0.2) is 17.9 Å². The number of aromatic hydroxyl groups is 3. The number of nitrogens with one attached hydrogen (secondary N) is 1. The predicted molar refractivity (Wildman–Crippen MR) is 164 cm³/mol. The van der Waals surface area contributed by atoms with Gasteiger partial charge in [0.2, 0.25) is 23.5 Å². The Morgan fingerprint density at radius 1 is 0.875 bits per heavy atom. The molecule has 14 heteroatoms. The van der Waals surface area contributed by atoms with E-state index in [4.69, 9.17) is 14.2 Å². The summed E-state index contributed by atoms with van der Waals surface area (Å²) >= 11 is 0. The van der Waals surface area contributed by atoms with Gasteiger partial charge in [-0.25, -0.2) is 0 Å². The van der Waals surface area contributed by atoms with Crippen molar-refractivity contribution in [2.45, 2.75) is 63.8 Å². The average molecular weight is 665 g/mol. The van der Waals surface area contributed by atoms with Gasteiger partial charge in [0.1, 0.15) is 30.5 Å². The number of ketones is 3. The van der Waals surface area contributed by atoms with Gasteiger partial charge >= 0.3 is 0 Å². The van der Waals surface area contributed by atoms with Crippen LogP contribution in [0.4, 0.5) is 0 Å². The zero-order valence-corrected chi connectivity index (χ0v) is 26.1. The maximum absolute atomic E-state index is 13.3. The molecule has 4 aliphatic rings. The summed E-state index contributed by atoms with van der Waals surface area (Å²) in [4.78, 5) is 76.3. The van der Waals surface area contributed by atoms with Crippen LogP contribution in [0.1, 0.15) is 81.5 Å². The molecule has 48 heavy (non-hydrogen) atoms. The molecule has 254 valence electrons. The van der Waals surface area contributed by atoms with Crippen LogP contribution >= 0.6 is 0 Å². The smallest absolute Gasteiger partial charge is 0.246 e. The van der Waals surface area contributed by atoms with Gasteiger partial charge in [0.25, 0.3) is 0 Å². The summed E-state index contributed by atoms with van der Waals surface area (Å²) in [5, 5.41) is 35.1. The molecule has 3 amide bonds. The van der Waals surface area contributed by atoms with E-state index in [1.165, 1.54) is 18.2 Å². The minimum absolute atomic E-state index is 0.0350. The third kappa shape index (κ3) is 6.42. The van der Waals surface area contributed by atoms with Gasteiger partial charge < -0.3 is 34.8 Å². The third-order valence-corrected chi connectivity index (χ3v) is 9.35. The zero-order chi connectivity index (χ0) is 34.1. The SMILES string of the molecule is O=C(COCC1CCCC(OCC(=O)C2CCc3c(O)c4c(c(O)c3C2)C(=O)c2cccc(O)c2C4=O)O1)NCCN1C(=O)CCC1=O. The Balaban J connectivity index is 0.986. The van der Waals surface area contributed by atoms with Crippen molar-refractivity contribution in [2.75, 3.05) is 32.9 Å². The van der Waals surface area contributed by atoms with Gasteiger partial charge in [-0.1, -0.05) is 12.1 Å². The Labute approximate surface area is 274 Å². The molecule has 2 fully saturated rings. The number of nitrogens with zero attached hydrogens (tertiary/aromatic N) is 1. The van der Waals surface area contributed by atoms with E-state index in [9.17, 15) is 44.1 Å². The van der Waals surface area contributed by atoms with Crippen molar-refractivity contribution in [3.05, 3.63) is 51.6 Å². The van der Waals surface area contributed by atoms with Crippen molar-refractivity contribution < 1.29 is 58.3 Å². The summed E-state index contributed by atoms with van der Waals surface area (Å²) in [6.45, 7) is -0.105. The Hall–Kier alpha value is -4.66. The quantitative estimate of drug-likeness (QED) is 0.170. The largest absolute Gasteiger partial charge is 0.507 e. The molecule has 2 aliphatic heterocycles. The molecule has 3 unspecified atom stereocenters. The lowest BCUT2D eigenvalue weighted by molar-refractivity contribution is -0.205. The van der Waals surface area contributed by atoms with Crippen LogP contribution in [0.2, 0.25) is 0 Å². The molecule has 14 nitrogen and oxygen atoms in total. The van der Waals surface area contributed by atoms with E-state index >= 15 is 0 Å². The van der Waals surface area contributed by atoms with E-state index in [0.29, 0.717) is 24.8 Å². The number of fused-ring (bicyclic) bond motifs is 3. The molecular formula is C34H36N2O12. The molecular weight excluding hydrogens is 628 g/mol. The Morgan fingerprint density at radius 3 is 2.38 bits per heavy atom. The monoisotopic (exact) mass is 664 g/mol. The first-order chi connectivity index (χ1) is 23.0. The Morgan fingerprint density at radius 2 is 1.60 bits per heavy atom.